The highest BCUT2D eigenvalue weighted by Crippen LogP contribution is 2.32. The minimum absolute atomic E-state index is 0.890. The van der Waals surface area contributed by atoms with Crippen LogP contribution < -0.4 is 5.73 Å². The molecule has 2 bridgehead atoms. The van der Waals surface area contributed by atoms with Gasteiger partial charge in [0.25, 0.3) is 0 Å². The summed E-state index contributed by atoms with van der Waals surface area (Å²) in [7, 11) is 0. The maximum absolute atomic E-state index is 5.63. The fourth-order valence-electron chi connectivity index (χ4n) is 2.86. The minimum atomic E-state index is 0.890. The van der Waals surface area contributed by atoms with Gasteiger partial charge in [0.1, 0.15) is 0 Å². The number of hydrogen-bond acceptors (Lipinski definition) is 2. The van der Waals surface area contributed by atoms with Gasteiger partial charge >= 0.3 is 0 Å². The van der Waals surface area contributed by atoms with Crippen molar-refractivity contribution in [3.63, 3.8) is 0 Å². The van der Waals surface area contributed by atoms with E-state index in [0.717, 1.165) is 18.4 Å². The van der Waals surface area contributed by atoms with Crippen LogP contribution in [0.2, 0.25) is 0 Å². The standard InChI is InChI=1S/C10H20N2/c11-5-3-9-2-1-6-12-7-4-10(9)8-12/h9-10H,1-8,11H2. The third-order valence-corrected chi connectivity index (χ3v) is 3.56. The van der Waals surface area contributed by atoms with Crippen molar-refractivity contribution in [2.24, 2.45) is 17.6 Å². The lowest BCUT2D eigenvalue weighted by atomic mass is 9.86. The zero-order valence-electron chi connectivity index (χ0n) is 7.84. The molecule has 2 N–H and O–H groups in total. The van der Waals surface area contributed by atoms with Gasteiger partial charge in [0.2, 0.25) is 0 Å². The Bertz CT molecular complexity index is 147. The van der Waals surface area contributed by atoms with E-state index in [9.17, 15) is 0 Å². The fourth-order valence-corrected chi connectivity index (χ4v) is 2.86. The molecule has 0 aliphatic carbocycles. The molecule has 0 spiro atoms. The molecule has 2 aliphatic heterocycles. The molecule has 0 aromatic heterocycles. The van der Waals surface area contributed by atoms with Crippen LogP contribution in [0.15, 0.2) is 0 Å². The van der Waals surface area contributed by atoms with Gasteiger partial charge in [-0.25, -0.2) is 0 Å². The Hall–Kier alpha value is -0.0800. The van der Waals surface area contributed by atoms with Gasteiger partial charge in [-0.15, -0.1) is 0 Å². The summed E-state index contributed by atoms with van der Waals surface area (Å²) in [6.07, 6.45) is 5.53. The lowest BCUT2D eigenvalue weighted by Crippen LogP contribution is -2.20. The van der Waals surface area contributed by atoms with Crippen LogP contribution in [0.3, 0.4) is 0 Å². The van der Waals surface area contributed by atoms with E-state index in [1.54, 1.807) is 0 Å². The van der Waals surface area contributed by atoms with Crippen LogP contribution in [0.5, 0.6) is 0 Å². The van der Waals surface area contributed by atoms with Crippen LogP contribution in [0.1, 0.15) is 25.7 Å². The van der Waals surface area contributed by atoms with Gasteiger partial charge in [-0.1, -0.05) is 0 Å². The second kappa shape index (κ2) is 3.75. The average molecular weight is 168 g/mol. The van der Waals surface area contributed by atoms with Crippen LogP contribution in [0.25, 0.3) is 0 Å². The number of nitrogens with zero attached hydrogens (tertiary/aromatic N) is 1. The van der Waals surface area contributed by atoms with E-state index in [0.29, 0.717) is 0 Å². The van der Waals surface area contributed by atoms with E-state index in [1.165, 1.54) is 45.3 Å². The Morgan fingerprint density at radius 3 is 3.00 bits per heavy atom. The van der Waals surface area contributed by atoms with Crippen LogP contribution in [-0.2, 0) is 0 Å². The van der Waals surface area contributed by atoms with Gasteiger partial charge in [-0.05, 0) is 57.2 Å². The van der Waals surface area contributed by atoms with Crippen molar-refractivity contribution < 1.29 is 0 Å². The highest BCUT2D eigenvalue weighted by Gasteiger charge is 2.31. The second-order valence-electron chi connectivity index (χ2n) is 4.33. The summed E-state index contributed by atoms with van der Waals surface area (Å²) in [6.45, 7) is 4.95. The van der Waals surface area contributed by atoms with E-state index < -0.39 is 0 Å². The fraction of sp³-hybridized carbons (Fsp3) is 1.00. The Balaban J connectivity index is 1.94. The molecule has 0 aromatic carbocycles. The van der Waals surface area contributed by atoms with E-state index in [2.05, 4.69) is 4.90 Å². The largest absolute Gasteiger partial charge is 0.330 e. The Morgan fingerprint density at radius 2 is 2.17 bits per heavy atom. The SMILES string of the molecule is NCCC1CCCN2CCC1C2. The molecule has 70 valence electrons. The third-order valence-electron chi connectivity index (χ3n) is 3.56. The van der Waals surface area contributed by atoms with Gasteiger partial charge < -0.3 is 10.6 Å². The zero-order valence-corrected chi connectivity index (χ0v) is 7.84. The first-order valence-electron chi connectivity index (χ1n) is 5.32. The molecular formula is C10H20N2. The van der Waals surface area contributed by atoms with E-state index in [4.69, 9.17) is 5.73 Å². The van der Waals surface area contributed by atoms with Crippen molar-refractivity contribution >= 4 is 0 Å². The summed E-state index contributed by atoms with van der Waals surface area (Å²) < 4.78 is 0. The first-order valence-corrected chi connectivity index (χ1v) is 5.32. The Morgan fingerprint density at radius 1 is 1.25 bits per heavy atom. The molecule has 2 aliphatic rings. The van der Waals surface area contributed by atoms with Gasteiger partial charge in [0, 0.05) is 6.54 Å². The average Bonchev–Trinajstić information content (AvgIpc) is 2.41. The van der Waals surface area contributed by atoms with Crippen LogP contribution >= 0.6 is 0 Å². The smallest absolute Gasteiger partial charge is 0.00128 e. The number of nitrogens with two attached hydrogens (primary N) is 1. The maximum atomic E-state index is 5.63. The van der Waals surface area contributed by atoms with E-state index in [1.807, 2.05) is 0 Å². The van der Waals surface area contributed by atoms with Crippen molar-refractivity contribution in [3.05, 3.63) is 0 Å². The van der Waals surface area contributed by atoms with Crippen molar-refractivity contribution in [2.75, 3.05) is 26.2 Å². The van der Waals surface area contributed by atoms with E-state index in [-0.39, 0.29) is 0 Å². The summed E-state index contributed by atoms with van der Waals surface area (Å²) in [5.74, 6) is 1.93. The van der Waals surface area contributed by atoms with Crippen molar-refractivity contribution in [2.45, 2.75) is 25.7 Å². The molecule has 2 heterocycles. The summed E-state index contributed by atoms with van der Waals surface area (Å²) in [5.41, 5.74) is 5.63. The van der Waals surface area contributed by atoms with Gasteiger partial charge in [0.05, 0.1) is 0 Å². The molecule has 3 unspecified atom stereocenters. The monoisotopic (exact) mass is 168 g/mol. The van der Waals surface area contributed by atoms with Gasteiger partial charge in [-0.2, -0.15) is 0 Å². The second-order valence-corrected chi connectivity index (χ2v) is 4.33. The lowest BCUT2D eigenvalue weighted by molar-refractivity contribution is 0.324. The molecule has 2 rings (SSSR count). The molecule has 12 heavy (non-hydrogen) atoms. The molecule has 0 radical (unpaired) electrons. The molecule has 3 atom stereocenters. The molecular weight excluding hydrogens is 148 g/mol. The van der Waals surface area contributed by atoms with Crippen molar-refractivity contribution in [3.8, 4) is 0 Å². The quantitative estimate of drug-likeness (QED) is 0.668. The molecule has 2 saturated heterocycles. The first-order chi connectivity index (χ1) is 5.90. The summed E-state index contributed by atoms with van der Waals surface area (Å²) in [6, 6.07) is 0. The lowest BCUT2D eigenvalue weighted by Gasteiger charge is -2.20. The highest BCUT2D eigenvalue weighted by atomic mass is 15.1. The summed E-state index contributed by atoms with van der Waals surface area (Å²) >= 11 is 0. The number of fused-ring (bicyclic) bond motifs is 2. The maximum Gasteiger partial charge on any atom is 0.00128 e. The topological polar surface area (TPSA) is 29.3 Å². The van der Waals surface area contributed by atoms with Crippen LogP contribution in [0.4, 0.5) is 0 Å². The molecule has 2 fully saturated rings. The molecule has 0 saturated carbocycles. The van der Waals surface area contributed by atoms with Crippen molar-refractivity contribution in [1.82, 2.24) is 4.90 Å². The predicted molar refractivity (Wildman–Crippen MR) is 50.9 cm³/mol. The van der Waals surface area contributed by atoms with E-state index >= 15 is 0 Å². The Kier molecular flexibility index (Phi) is 2.66. The first kappa shape index (κ1) is 8.52. The molecule has 2 heteroatoms. The predicted octanol–water partition coefficient (Wildman–Crippen LogP) is 1.07. The van der Waals surface area contributed by atoms with Crippen molar-refractivity contribution in [1.29, 1.82) is 0 Å². The highest BCUT2D eigenvalue weighted by molar-refractivity contribution is 4.84. The number of rotatable bonds is 2. The summed E-state index contributed by atoms with van der Waals surface area (Å²) in [5, 5.41) is 0. The number of hydrogen-bond donors (Lipinski definition) is 1. The molecule has 0 aromatic rings. The normalized spacial score (nSPS) is 41.2. The Labute approximate surface area is 75.1 Å². The third kappa shape index (κ3) is 1.64. The van der Waals surface area contributed by atoms with Gasteiger partial charge in [0.15, 0.2) is 0 Å². The van der Waals surface area contributed by atoms with Crippen LogP contribution in [-0.4, -0.2) is 31.1 Å². The molecule has 2 nitrogen and oxygen atoms in total. The molecule has 0 amide bonds. The zero-order chi connectivity index (χ0) is 8.39. The summed E-state index contributed by atoms with van der Waals surface area (Å²) in [4.78, 5) is 2.63. The van der Waals surface area contributed by atoms with Gasteiger partial charge in [-0.3, -0.25) is 0 Å². The minimum Gasteiger partial charge on any atom is -0.330 e. The van der Waals surface area contributed by atoms with Crippen LogP contribution in [0, 0.1) is 11.8 Å².